The first-order valence-electron chi connectivity index (χ1n) is 6.12. The Kier molecular flexibility index (Phi) is 4.95. The van der Waals surface area contributed by atoms with E-state index in [9.17, 15) is 13.2 Å². The number of halogens is 3. The predicted octanol–water partition coefficient (Wildman–Crippen LogP) is 3.48. The molecule has 1 aliphatic heterocycles. The van der Waals surface area contributed by atoms with Crippen LogP contribution >= 0.6 is 11.8 Å². The molecule has 18 heavy (non-hydrogen) atoms. The molecule has 0 saturated carbocycles. The van der Waals surface area contributed by atoms with Gasteiger partial charge >= 0.3 is 0 Å². The normalized spacial score (nSPS) is 20.1. The number of rotatable bonds is 4. The Labute approximate surface area is 109 Å². The summed E-state index contributed by atoms with van der Waals surface area (Å²) in [6.07, 6.45) is 3.66. The summed E-state index contributed by atoms with van der Waals surface area (Å²) in [6, 6.07) is 1.52. The summed E-state index contributed by atoms with van der Waals surface area (Å²) < 4.78 is 39.0. The molecule has 1 aromatic carbocycles. The molecule has 1 heterocycles. The van der Waals surface area contributed by atoms with Gasteiger partial charge in [0.2, 0.25) is 0 Å². The van der Waals surface area contributed by atoms with E-state index in [0.29, 0.717) is 11.3 Å². The standard InChI is InChI=1S/C13H16F3NS/c14-11-6-13(16)12(15)5-9(11)7-17-8-10-3-1-2-4-18-10/h5-6,10,17H,1-4,7-8H2. The second-order valence-electron chi connectivity index (χ2n) is 4.48. The lowest BCUT2D eigenvalue weighted by molar-refractivity contribution is 0.486. The molecule has 1 aliphatic rings. The Hall–Kier alpha value is -0.680. The van der Waals surface area contributed by atoms with Gasteiger partial charge in [-0.05, 0) is 24.7 Å². The first kappa shape index (κ1) is 13.7. The van der Waals surface area contributed by atoms with Crippen molar-refractivity contribution in [3.63, 3.8) is 0 Å². The molecule has 1 nitrogen and oxygen atoms in total. The molecule has 1 fully saturated rings. The molecule has 5 heteroatoms. The summed E-state index contributed by atoms with van der Waals surface area (Å²) in [5.41, 5.74) is 0.176. The minimum Gasteiger partial charge on any atom is -0.311 e. The maximum atomic E-state index is 13.3. The van der Waals surface area contributed by atoms with Crippen LogP contribution in [0, 0.1) is 17.5 Å². The third-order valence-electron chi connectivity index (χ3n) is 3.05. The summed E-state index contributed by atoms with van der Waals surface area (Å²) in [5, 5.41) is 3.66. The van der Waals surface area contributed by atoms with Gasteiger partial charge in [0.15, 0.2) is 11.6 Å². The van der Waals surface area contributed by atoms with Gasteiger partial charge in [0.05, 0.1) is 0 Å². The van der Waals surface area contributed by atoms with Gasteiger partial charge in [0.25, 0.3) is 0 Å². The van der Waals surface area contributed by atoms with Crippen molar-refractivity contribution in [1.82, 2.24) is 5.32 Å². The van der Waals surface area contributed by atoms with Crippen molar-refractivity contribution in [3.05, 3.63) is 35.1 Å². The molecule has 0 aromatic heterocycles. The number of nitrogens with one attached hydrogen (secondary N) is 1. The van der Waals surface area contributed by atoms with Gasteiger partial charge in [0.1, 0.15) is 5.82 Å². The summed E-state index contributed by atoms with van der Waals surface area (Å²) in [5.74, 6) is -1.66. The van der Waals surface area contributed by atoms with E-state index >= 15 is 0 Å². The lowest BCUT2D eigenvalue weighted by atomic mass is 10.1. The molecule has 0 aliphatic carbocycles. The average Bonchev–Trinajstić information content (AvgIpc) is 2.37. The molecule has 1 unspecified atom stereocenters. The summed E-state index contributed by atoms with van der Waals surface area (Å²) in [6.45, 7) is 1.02. The van der Waals surface area contributed by atoms with Gasteiger partial charge in [-0.3, -0.25) is 0 Å². The highest BCUT2D eigenvalue weighted by Gasteiger charge is 2.14. The highest BCUT2D eigenvalue weighted by Crippen LogP contribution is 2.24. The highest BCUT2D eigenvalue weighted by atomic mass is 32.2. The Morgan fingerprint density at radius 3 is 2.61 bits per heavy atom. The minimum atomic E-state index is -1.14. The van der Waals surface area contributed by atoms with Crippen molar-refractivity contribution in [2.75, 3.05) is 12.3 Å². The van der Waals surface area contributed by atoms with E-state index in [4.69, 9.17) is 0 Å². The van der Waals surface area contributed by atoms with E-state index in [-0.39, 0.29) is 12.1 Å². The van der Waals surface area contributed by atoms with Crippen LogP contribution in [0.5, 0.6) is 0 Å². The molecule has 1 saturated heterocycles. The second kappa shape index (κ2) is 6.48. The van der Waals surface area contributed by atoms with Crippen molar-refractivity contribution in [1.29, 1.82) is 0 Å². The molecular weight excluding hydrogens is 259 g/mol. The molecule has 0 bridgehead atoms. The van der Waals surface area contributed by atoms with Crippen LogP contribution in [-0.2, 0) is 6.54 Å². The fraction of sp³-hybridized carbons (Fsp3) is 0.538. The van der Waals surface area contributed by atoms with Crippen molar-refractivity contribution in [3.8, 4) is 0 Å². The smallest absolute Gasteiger partial charge is 0.161 e. The number of hydrogen-bond donors (Lipinski definition) is 1. The van der Waals surface area contributed by atoms with Crippen LogP contribution in [0.4, 0.5) is 13.2 Å². The Bertz CT molecular complexity index is 405. The van der Waals surface area contributed by atoms with Gasteiger partial charge in [-0.15, -0.1) is 0 Å². The molecule has 1 N–H and O–H groups in total. The minimum absolute atomic E-state index is 0.176. The van der Waals surface area contributed by atoms with E-state index in [0.717, 1.165) is 19.0 Å². The summed E-state index contributed by atoms with van der Waals surface area (Å²) >= 11 is 1.92. The van der Waals surface area contributed by atoms with E-state index < -0.39 is 17.5 Å². The lowest BCUT2D eigenvalue weighted by Crippen LogP contribution is -2.26. The zero-order valence-corrected chi connectivity index (χ0v) is 10.8. The molecule has 0 amide bonds. The van der Waals surface area contributed by atoms with Crippen molar-refractivity contribution in [2.24, 2.45) is 0 Å². The topological polar surface area (TPSA) is 12.0 Å². The number of thioether (sulfide) groups is 1. The van der Waals surface area contributed by atoms with Crippen LogP contribution in [0.3, 0.4) is 0 Å². The molecule has 1 aromatic rings. The fourth-order valence-electron chi connectivity index (χ4n) is 2.04. The quantitative estimate of drug-likeness (QED) is 0.844. The van der Waals surface area contributed by atoms with E-state index in [1.165, 1.54) is 18.6 Å². The van der Waals surface area contributed by atoms with Gasteiger partial charge in [-0.25, -0.2) is 13.2 Å². The van der Waals surface area contributed by atoms with Crippen molar-refractivity contribution in [2.45, 2.75) is 31.1 Å². The maximum absolute atomic E-state index is 13.3. The average molecular weight is 275 g/mol. The zero-order valence-electron chi connectivity index (χ0n) is 10.0. The lowest BCUT2D eigenvalue weighted by Gasteiger charge is -2.21. The summed E-state index contributed by atoms with van der Waals surface area (Å²) in [7, 11) is 0. The Morgan fingerprint density at radius 2 is 1.89 bits per heavy atom. The molecular formula is C13H16F3NS. The largest absolute Gasteiger partial charge is 0.311 e. The predicted molar refractivity (Wildman–Crippen MR) is 68.1 cm³/mol. The van der Waals surface area contributed by atoms with Crippen molar-refractivity contribution >= 4 is 11.8 Å². The third kappa shape index (κ3) is 3.65. The van der Waals surface area contributed by atoms with Gasteiger partial charge in [0, 0.05) is 30.0 Å². The van der Waals surface area contributed by atoms with E-state index in [2.05, 4.69) is 5.32 Å². The molecule has 1 atom stereocenters. The first-order valence-corrected chi connectivity index (χ1v) is 7.17. The second-order valence-corrected chi connectivity index (χ2v) is 5.89. The van der Waals surface area contributed by atoms with Gasteiger partial charge < -0.3 is 5.32 Å². The maximum Gasteiger partial charge on any atom is 0.161 e. The van der Waals surface area contributed by atoms with E-state index in [1.807, 2.05) is 11.8 Å². The fourth-order valence-corrected chi connectivity index (χ4v) is 3.31. The monoisotopic (exact) mass is 275 g/mol. The first-order chi connectivity index (χ1) is 8.66. The van der Waals surface area contributed by atoms with Crippen LogP contribution in [0.2, 0.25) is 0 Å². The van der Waals surface area contributed by atoms with Crippen LogP contribution in [0.15, 0.2) is 12.1 Å². The molecule has 0 spiro atoms. The number of benzene rings is 1. The van der Waals surface area contributed by atoms with Crippen LogP contribution in [-0.4, -0.2) is 17.5 Å². The Balaban J connectivity index is 1.84. The van der Waals surface area contributed by atoms with Crippen LogP contribution in [0.1, 0.15) is 24.8 Å². The SMILES string of the molecule is Fc1cc(F)c(CNCC2CCCCS2)cc1F. The highest BCUT2D eigenvalue weighted by molar-refractivity contribution is 7.99. The van der Waals surface area contributed by atoms with E-state index in [1.54, 1.807) is 0 Å². The Morgan fingerprint density at radius 1 is 1.11 bits per heavy atom. The zero-order chi connectivity index (χ0) is 13.0. The number of hydrogen-bond acceptors (Lipinski definition) is 2. The van der Waals surface area contributed by atoms with Crippen molar-refractivity contribution < 1.29 is 13.2 Å². The van der Waals surface area contributed by atoms with Gasteiger partial charge in [-0.1, -0.05) is 6.42 Å². The molecule has 0 radical (unpaired) electrons. The molecule has 100 valence electrons. The third-order valence-corrected chi connectivity index (χ3v) is 4.45. The molecule has 2 rings (SSSR count). The summed E-state index contributed by atoms with van der Waals surface area (Å²) in [4.78, 5) is 0. The van der Waals surface area contributed by atoms with Crippen LogP contribution < -0.4 is 5.32 Å². The van der Waals surface area contributed by atoms with Gasteiger partial charge in [-0.2, -0.15) is 11.8 Å². The van der Waals surface area contributed by atoms with Crippen LogP contribution in [0.25, 0.3) is 0 Å².